The molecule has 1 aliphatic heterocycles. The number of carbonyl (C=O) groups is 1. The summed E-state index contributed by atoms with van der Waals surface area (Å²) < 4.78 is 0.968. The van der Waals surface area contributed by atoms with Crippen molar-refractivity contribution in [2.45, 2.75) is 6.04 Å². The van der Waals surface area contributed by atoms with Gasteiger partial charge in [0, 0.05) is 28.3 Å². The molecule has 0 saturated carbocycles. The largest absolute Gasteiger partial charge is 0.335 e. The number of halogens is 2. The summed E-state index contributed by atoms with van der Waals surface area (Å²) in [4.78, 5) is 16.1. The molecular weight excluding hydrogens is 351 g/mol. The number of likely N-dealkylation sites (tertiary alicyclic amines) is 1. The molecule has 0 aromatic heterocycles. The monoisotopic (exact) mass is 364 g/mol. The Labute approximate surface area is 120 Å². The van der Waals surface area contributed by atoms with E-state index in [1.54, 1.807) is 6.07 Å². The van der Waals surface area contributed by atoms with Crippen LogP contribution in [-0.4, -0.2) is 48.9 Å². The van der Waals surface area contributed by atoms with Gasteiger partial charge in [-0.25, -0.2) is 0 Å². The fourth-order valence-corrected chi connectivity index (χ4v) is 2.28. The van der Waals surface area contributed by atoms with Gasteiger partial charge < -0.3 is 9.80 Å². The van der Waals surface area contributed by atoms with E-state index in [0.717, 1.165) is 16.7 Å². The lowest BCUT2D eigenvalue weighted by atomic mass is 10.1. The Morgan fingerprint density at radius 1 is 1.47 bits per heavy atom. The number of amides is 1. The fourth-order valence-electron chi connectivity index (χ4n) is 1.76. The van der Waals surface area contributed by atoms with Gasteiger partial charge in [0.2, 0.25) is 0 Å². The summed E-state index contributed by atoms with van der Waals surface area (Å²) in [6, 6.07) is 5.94. The molecule has 3 nitrogen and oxygen atoms in total. The van der Waals surface area contributed by atoms with E-state index in [1.165, 1.54) is 0 Å². The van der Waals surface area contributed by atoms with Gasteiger partial charge in [0.1, 0.15) is 0 Å². The van der Waals surface area contributed by atoms with Crippen LogP contribution in [0.1, 0.15) is 10.4 Å². The smallest absolute Gasteiger partial charge is 0.254 e. The molecule has 0 spiro atoms. The summed E-state index contributed by atoms with van der Waals surface area (Å²) in [5, 5.41) is 0.640. The van der Waals surface area contributed by atoms with Crippen molar-refractivity contribution >= 4 is 40.1 Å². The highest BCUT2D eigenvalue weighted by Gasteiger charge is 2.32. The average molecular weight is 365 g/mol. The lowest BCUT2D eigenvalue weighted by molar-refractivity contribution is 0.0399. The van der Waals surface area contributed by atoms with Gasteiger partial charge in [0.05, 0.1) is 5.02 Å². The zero-order chi connectivity index (χ0) is 12.6. The van der Waals surface area contributed by atoms with Crippen molar-refractivity contribution in [2.24, 2.45) is 0 Å². The Bertz CT molecular complexity index is 444. The van der Waals surface area contributed by atoms with Crippen molar-refractivity contribution in [3.8, 4) is 0 Å². The van der Waals surface area contributed by atoms with Crippen molar-refractivity contribution < 1.29 is 4.79 Å². The molecule has 2 rings (SSSR count). The molecule has 1 aliphatic rings. The minimum absolute atomic E-state index is 0.0707. The Morgan fingerprint density at radius 3 is 2.65 bits per heavy atom. The molecule has 92 valence electrons. The van der Waals surface area contributed by atoms with Gasteiger partial charge in [-0.3, -0.25) is 4.79 Å². The van der Waals surface area contributed by atoms with Gasteiger partial charge in [0.25, 0.3) is 5.91 Å². The average Bonchev–Trinajstić information content (AvgIpc) is 2.19. The SMILES string of the molecule is CN(C)C1CN(C(=O)c2ccc(I)c(Cl)c2)C1. The Kier molecular flexibility index (Phi) is 3.95. The highest BCUT2D eigenvalue weighted by molar-refractivity contribution is 14.1. The van der Waals surface area contributed by atoms with Crippen LogP contribution in [0.25, 0.3) is 0 Å². The normalized spacial score (nSPS) is 16.2. The molecule has 1 aromatic carbocycles. The van der Waals surface area contributed by atoms with Crippen molar-refractivity contribution in [2.75, 3.05) is 27.2 Å². The molecule has 0 bridgehead atoms. The summed E-state index contributed by atoms with van der Waals surface area (Å²) in [7, 11) is 4.07. The minimum atomic E-state index is 0.0707. The van der Waals surface area contributed by atoms with Crippen molar-refractivity contribution in [1.82, 2.24) is 9.80 Å². The van der Waals surface area contributed by atoms with E-state index in [1.807, 2.05) is 31.1 Å². The first-order valence-electron chi connectivity index (χ1n) is 5.40. The first-order chi connectivity index (χ1) is 7.99. The quantitative estimate of drug-likeness (QED) is 0.752. The van der Waals surface area contributed by atoms with Gasteiger partial charge in [-0.2, -0.15) is 0 Å². The lowest BCUT2D eigenvalue weighted by Crippen LogP contribution is -2.59. The van der Waals surface area contributed by atoms with E-state index in [-0.39, 0.29) is 5.91 Å². The molecule has 1 aromatic rings. The van der Waals surface area contributed by atoms with Gasteiger partial charge in [-0.05, 0) is 54.9 Å². The summed E-state index contributed by atoms with van der Waals surface area (Å²) >= 11 is 8.17. The molecule has 1 fully saturated rings. The van der Waals surface area contributed by atoms with Crippen molar-refractivity contribution in [3.05, 3.63) is 32.4 Å². The van der Waals surface area contributed by atoms with E-state index >= 15 is 0 Å². The Morgan fingerprint density at radius 2 is 2.12 bits per heavy atom. The zero-order valence-corrected chi connectivity index (χ0v) is 12.7. The first kappa shape index (κ1) is 13.1. The number of carbonyl (C=O) groups excluding carboxylic acids is 1. The maximum Gasteiger partial charge on any atom is 0.254 e. The van der Waals surface area contributed by atoms with Crippen LogP contribution >= 0.6 is 34.2 Å². The van der Waals surface area contributed by atoms with Crippen LogP contribution in [-0.2, 0) is 0 Å². The van der Waals surface area contributed by atoms with Gasteiger partial charge >= 0.3 is 0 Å². The topological polar surface area (TPSA) is 23.6 Å². The van der Waals surface area contributed by atoms with E-state index in [4.69, 9.17) is 11.6 Å². The second-order valence-corrected chi connectivity index (χ2v) is 6.03. The molecule has 5 heteroatoms. The molecule has 17 heavy (non-hydrogen) atoms. The molecule has 0 unspecified atom stereocenters. The van der Waals surface area contributed by atoms with E-state index in [0.29, 0.717) is 16.6 Å². The number of likely N-dealkylation sites (N-methyl/N-ethyl adjacent to an activating group) is 1. The summed E-state index contributed by atoms with van der Waals surface area (Å²) in [6.45, 7) is 1.60. The van der Waals surface area contributed by atoms with Crippen LogP contribution < -0.4 is 0 Å². The van der Waals surface area contributed by atoms with Crippen LogP contribution in [0.5, 0.6) is 0 Å². The van der Waals surface area contributed by atoms with E-state index in [2.05, 4.69) is 27.5 Å². The van der Waals surface area contributed by atoms with Gasteiger partial charge in [-0.15, -0.1) is 0 Å². The molecule has 0 atom stereocenters. The summed E-state index contributed by atoms with van der Waals surface area (Å²) in [5.41, 5.74) is 0.674. The minimum Gasteiger partial charge on any atom is -0.335 e. The predicted octanol–water partition coefficient (Wildman–Crippen LogP) is 2.33. The van der Waals surface area contributed by atoms with Crippen LogP contribution in [0, 0.1) is 3.57 Å². The molecule has 1 saturated heterocycles. The number of benzene rings is 1. The van der Waals surface area contributed by atoms with Crippen LogP contribution in [0.3, 0.4) is 0 Å². The standard InChI is InChI=1S/C12H14ClIN2O/c1-15(2)9-6-16(7-9)12(17)8-3-4-11(14)10(13)5-8/h3-5,9H,6-7H2,1-2H3. The highest BCUT2D eigenvalue weighted by atomic mass is 127. The summed E-state index contributed by atoms with van der Waals surface area (Å²) in [5.74, 6) is 0.0707. The second-order valence-electron chi connectivity index (χ2n) is 4.46. The molecule has 0 radical (unpaired) electrons. The molecule has 0 aliphatic carbocycles. The third-order valence-electron chi connectivity index (χ3n) is 3.05. The first-order valence-corrected chi connectivity index (χ1v) is 6.85. The molecular formula is C12H14ClIN2O. The number of rotatable bonds is 2. The maximum atomic E-state index is 12.1. The summed E-state index contributed by atoms with van der Waals surface area (Å²) in [6.07, 6.45) is 0. The van der Waals surface area contributed by atoms with Crippen LogP contribution in [0.15, 0.2) is 18.2 Å². The van der Waals surface area contributed by atoms with Crippen molar-refractivity contribution in [3.63, 3.8) is 0 Å². The Balaban J connectivity index is 2.04. The molecule has 1 heterocycles. The van der Waals surface area contributed by atoms with Crippen molar-refractivity contribution in [1.29, 1.82) is 0 Å². The number of hydrogen-bond acceptors (Lipinski definition) is 2. The predicted molar refractivity (Wildman–Crippen MR) is 77.5 cm³/mol. The Hall–Kier alpha value is -0.330. The molecule has 1 amide bonds. The van der Waals surface area contributed by atoms with Crippen LogP contribution in [0.4, 0.5) is 0 Å². The van der Waals surface area contributed by atoms with E-state index < -0.39 is 0 Å². The number of nitrogens with zero attached hydrogens (tertiary/aromatic N) is 2. The second kappa shape index (κ2) is 5.12. The highest BCUT2D eigenvalue weighted by Crippen LogP contribution is 2.22. The molecule has 0 N–H and O–H groups in total. The lowest BCUT2D eigenvalue weighted by Gasteiger charge is -2.42. The van der Waals surface area contributed by atoms with Gasteiger partial charge in [-0.1, -0.05) is 11.6 Å². The fraction of sp³-hybridized carbons (Fsp3) is 0.417. The number of hydrogen-bond donors (Lipinski definition) is 0. The maximum absolute atomic E-state index is 12.1. The third kappa shape index (κ3) is 2.74. The zero-order valence-electron chi connectivity index (χ0n) is 9.78. The third-order valence-corrected chi connectivity index (χ3v) is 4.62. The van der Waals surface area contributed by atoms with Gasteiger partial charge in [0.15, 0.2) is 0 Å². The van der Waals surface area contributed by atoms with Crippen LogP contribution in [0.2, 0.25) is 5.02 Å². The van der Waals surface area contributed by atoms with E-state index in [9.17, 15) is 4.79 Å².